The van der Waals surface area contributed by atoms with Crippen LogP contribution in [0.2, 0.25) is 0 Å². The lowest BCUT2D eigenvalue weighted by Gasteiger charge is -2.07. The minimum atomic E-state index is -0.509. The van der Waals surface area contributed by atoms with Gasteiger partial charge < -0.3 is 25.3 Å². The topological polar surface area (TPSA) is 120 Å². The molecule has 0 saturated carbocycles. The molecule has 4 N–H and O–H groups in total. The monoisotopic (exact) mass is 275 g/mol. The molecule has 8 heteroatoms. The Morgan fingerprint density at radius 1 is 1.05 bits per heavy atom. The van der Waals surface area contributed by atoms with Crippen molar-refractivity contribution < 1.29 is 23.9 Å². The zero-order valence-electron chi connectivity index (χ0n) is 10.9. The molecular formula is C11H21N3O5. The number of rotatable bonds is 13. The molecule has 0 heterocycles. The number of carbonyl (C=O) groups excluding carboxylic acids is 3. The molecule has 0 saturated heterocycles. The van der Waals surface area contributed by atoms with Crippen LogP contribution in [0.1, 0.15) is 6.42 Å². The van der Waals surface area contributed by atoms with Crippen LogP contribution >= 0.6 is 0 Å². The van der Waals surface area contributed by atoms with Crippen LogP contribution in [0, 0.1) is 0 Å². The maximum absolute atomic E-state index is 11.2. The predicted molar refractivity (Wildman–Crippen MR) is 67.4 cm³/mol. The van der Waals surface area contributed by atoms with Crippen molar-refractivity contribution in [2.45, 2.75) is 6.42 Å². The molecule has 0 aliphatic heterocycles. The van der Waals surface area contributed by atoms with E-state index in [1.165, 1.54) is 0 Å². The van der Waals surface area contributed by atoms with Crippen LogP contribution in [-0.4, -0.2) is 64.2 Å². The first kappa shape index (κ1) is 17.5. The molecule has 0 unspecified atom stereocenters. The molecule has 0 spiro atoms. The van der Waals surface area contributed by atoms with Gasteiger partial charge >= 0.3 is 0 Å². The molecule has 110 valence electrons. The van der Waals surface area contributed by atoms with E-state index >= 15 is 0 Å². The average molecular weight is 275 g/mol. The van der Waals surface area contributed by atoms with Gasteiger partial charge in [0.15, 0.2) is 0 Å². The molecular weight excluding hydrogens is 254 g/mol. The highest BCUT2D eigenvalue weighted by atomic mass is 16.5. The van der Waals surface area contributed by atoms with E-state index in [1.807, 2.05) is 0 Å². The second-order valence-electron chi connectivity index (χ2n) is 3.60. The lowest BCUT2D eigenvalue weighted by atomic mass is 10.5. The highest BCUT2D eigenvalue weighted by molar-refractivity contribution is 5.80. The van der Waals surface area contributed by atoms with Crippen molar-refractivity contribution >= 4 is 18.1 Å². The summed E-state index contributed by atoms with van der Waals surface area (Å²) in [5.41, 5.74) is 4.89. The van der Waals surface area contributed by atoms with Crippen LogP contribution in [0.15, 0.2) is 0 Å². The summed E-state index contributed by atoms with van der Waals surface area (Å²) in [4.78, 5) is 31.5. The third-order valence-corrected chi connectivity index (χ3v) is 1.91. The molecule has 0 aliphatic carbocycles. The van der Waals surface area contributed by atoms with Crippen molar-refractivity contribution in [2.24, 2.45) is 5.73 Å². The number of aldehydes is 1. The molecule has 8 nitrogen and oxygen atoms in total. The van der Waals surface area contributed by atoms with Gasteiger partial charge in [-0.25, -0.2) is 0 Å². The molecule has 0 radical (unpaired) electrons. The summed E-state index contributed by atoms with van der Waals surface area (Å²) >= 11 is 0. The number of nitrogens with two attached hydrogens (primary N) is 1. The van der Waals surface area contributed by atoms with E-state index in [2.05, 4.69) is 10.6 Å². The van der Waals surface area contributed by atoms with Crippen molar-refractivity contribution in [3.8, 4) is 0 Å². The largest absolute Gasteiger partial charge is 0.379 e. The van der Waals surface area contributed by atoms with Gasteiger partial charge in [0.05, 0.1) is 39.5 Å². The van der Waals surface area contributed by atoms with Crippen molar-refractivity contribution in [3.05, 3.63) is 0 Å². The third kappa shape index (κ3) is 14.4. The Morgan fingerprint density at radius 3 is 2.37 bits per heavy atom. The number of primary amides is 1. The Morgan fingerprint density at radius 2 is 1.74 bits per heavy atom. The van der Waals surface area contributed by atoms with Crippen molar-refractivity contribution in [3.63, 3.8) is 0 Å². The predicted octanol–water partition coefficient (Wildman–Crippen LogP) is -2.20. The summed E-state index contributed by atoms with van der Waals surface area (Å²) in [5, 5.41) is 5.19. The Labute approximate surface area is 112 Å². The summed E-state index contributed by atoms with van der Waals surface area (Å²) < 4.78 is 10.3. The highest BCUT2D eigenvalue weighted by Gasteiger charge is 2.00. The summed E-state index contributed by atoms with van der Waals surface area (Å²) in [6.07, 6.45) is 1.18. The maximum atomic E-state index is 11.2. The molecule has 0 aromatic rings. The quantitative estimate of drug-likeness (QED) is 0.259. The molecule has 0 aliphatic rings. The van der Waals surface area contributed by atoms with Crippen molar-refractivity contribution in [1.82, 2.24) is 10.6 Å². The zero-order chi connectivity index (χ0) is 14.3. The van der Waals surface area contributed by atoms with Gasteiger partial charge in [-0.1, -0.05) is 0 Å². The minimum absolute atomic E-state index is 0.0257. The van der Waals surface area contributed by atoms with Crippen LogP contribution in [-0.2, 0) is 23.9 Å². The second-order valence-corrected chi connectivity index (χ2v) is 3.60. The van der Waals surface area contributed by atoms with Crippen LogP contribution in [0.3, 0.4) is 0 Å². The van der Waals surface area contributed by atoms with Crippen LogP contribution in [0.5, 0.6) is 0 Å². The molecule has 0 aromatic heterocycles. The van der Waals surface area contributed by atoms with E-state index in [9.17, 15) is 14.4 Å². The Kier molecular flexibility index (Phi) is 11.9. The zero-order valence-corrected chi connectivity index (χ0v) is 10.9. The van der Waals surface area contributed by atoms with Gasteiger partial charge in [0.1, 0.15) is 6.29 Å². The number of hydrogen-bond acceptors (Lipinski definition) is 6. The molecule has 0 fully saturated rings. The molecule has 2 amide bonds. The van der Waals surface area contributed by atoms with Gasteiger partial charge in [0.25, 0.3) is 0 Å². The lowest BCUT2D eigenvalue weighted by Crippen LogP contribution is -2.39. The van der Waals surface area contributed by atoms with Crippen LogP contribution in [0.25, 0.3) is 0 Å². The normalized spacial score (nSPS) is 10.1. The Hall–Kier alpha value is -1.51. The molecule has 0 aromatic carbocycles. The standard InChI is InChI=1S/C11H21N3O5/c12-10(16)8-13-9-11(17)14-2-5-19-7-6-18-4-1-3-15/h3,13H,1-2,4-9H2,(H2,12,16)(H,14,17). The van der Waals surface area contributed by atoms with Crippen molar-refractivity contribution in [2.75, 3.05) is 46.1 Å². The summed E-state index contributed by atoms with van der Waals surface area (Å²) in [6, 6.07) is 0. The number of ether oxygens (including phenoxy) is 2. The molecule has 0 rings (SSSR count). The number of hydrogen-bond donors (Lipinski definition) is 3. The Balaban J connectivity index is 3.18. The number of amides is 2. The highest BCUT2D eigenvalue weighted by Crippen LogP contribution is 1.80. The van der Waals surface area contributed by atoms with E-state index in [0.717, 1.165) is 6.29 Å². The van der Waals surface area contributed by atoms with Gasteiger partial charge in [-0.15, -0.1) is 0 Å². The van der Waals surface area contributed by atoms with Crippen molar-refractivity contribution in [1.29, 1.82) is 0 Å². The fraction of sp³-hybridized carbons (Fsp3) is 0.727. The lowest BCUT2D eigenvalue weighted by molar-refractivity contribution is -0.120. The number of carbonyl (C=O) groups is 3. The summed E-state index contributed by atoms with van der Waals surface area (Å²) in [5.74, 6) is -0.738. The smallest absolute Gasteiger partial charge is 0.234 e. The number of nitrogens with one attached hydrogen (secondary N) is 2. The van der Waals surface area contributed by atoms with Gasteiger partial charge in [-0.2, -0.15) is 0 Å². The van der Waals surface area contributed by atoms with E-state index in [0.29, 0.717) is 39.4 Å². The molecule has 0 atom stereocenters. The summed E-state index contributed by atoms with van der Waals surface area (Å²) in [7, 11) is 0. The average Bonchev–Trinajstić information content (AvgIpc) is 2.36. The van der Waals surface area contributed by atoms with E-state index in [-0.39, 0.29) is 19.0 Å². The molecule has 19 heavy (non-hydrogen) atoms. The van der Waals surface area contributed by atoms with Gasteiger partial charge in [0.2, 0.25) is 11.8 Å². The van der Waals surface area contributed by atoms with E-state index in [1.54, 1.807) is 0 Å². The second kappa shape index (κ2) is 12.9. The molecule has 0 bridgehead atoms. The first-order valence-corrected chi connectivity index (χ1v) is 6.01. The minimum Gasteiger partial charge on any atom is -0.379 e. The SMILES string of the molecule is NC(=O)CNCC(=O)NCCOCCOCCC=O. The first-order valence-electron chi connectivity index (χ1n) is 6.01. The Bertz CT molecular complexity index is 273. The van der Waals surface area contributed by atoms with Gasteiger partial charge in [-0.05, 0) is 0 Å². The third-order valence-electron chi connectivity index (χ3n) is 1.91. The summed E-state index contributed by atoms with van der Waals surface area (Å²) in [6.45, 7) is 2.00. The first-order chi connectivity index (χ1) is 9.16. The fourth-order valence-corrected chi connectivity index (χ4v) is 1.08. The maximum Gasteiger partial charge on any atom is 0.234 e. The van der Waals surface area contributed by atoms with Crippen LogP contribution in [0.4, 0.5) is 0 Å². The van der Waals surface area contributed by atoms with Crippen LogP contribution < -0.4 is 16.4 Å². The fourth-order valence-electron chi connectivity index (χ4n) is 1.08. The van der Waals surface area contributed by atoms with E-state index in [4.69, 9.17) is 15.2 Å². The van der Waals surface area contributed by atoms with Gasteiger partial charge in [0, 0.05) is 13.0 Å². The van der Waals surface area contributed by atoms with Gasteiger partial charge in [-0.3, -0.25) is 14.9 Å². The van der Waals surface area contributed by atoms with E-state index < -0.39 is 5.91 Å².